The summed E-state index contributed by atoms with van der Waals surface area (Å²) in [5, 5.41) is 0. The van der Waals surface area contributed by atoms with Gasteiger partial charge < -0.3 is 28.4 Å². The first-order valence-corrected chi connectivity index (χ1v) is 14.3. The van der Waals surface area contributed by atoms with Crippen molar-refractivity contribution in [2.24, 2.45) is 39.5 Å². The zero-order chi connectivity index (χ0) is 25.8. The number of aliphatic imine (C=N–C) groups is 1. The van der Waals surface area contributed by atoms with Crippen LogP contribution in [0.15, 0.2) is 17.6 Å². The van der Waals surface area contributed by atoms with Gasteiger partial charge in [0, 0.05) is 76.2 Å². The maximum Gasteiger partial charge on any atom is 0.148 e. The highest BCUT2D eigenvalue weighted by molar-refractivity contribution is 5.70. The van der Waals surface area contributed by atoms with E-state index in [1.165, 1.54) is 0 Å². The van der Waals surface area contributed by atoms with E-state index in [1.54, 1.807) is 0 Å². The highest BCUT2D eigenvalue weighted by Gasteiger charge is 2.93. The Hall–Kier alpha value is -0.870. The van der Waals surface area contributed by atoms with Crippen LogP contribution in [0.2, 0.25) is 0 Å². The Balaban J connectivity index is 1.55. The van der Waals surface area contributed by atoms with E-state index >= 15 is 0 Å². The summed E-state index contributed by atoms with van der Waals surface area (Å²) in [6.45, 7) is 9.02. The summed E-state index contributed by atoms with van der Waals surface area (Å²) in [5.41, 5.74) is -1.43. The van der Waals surface area contributed by atoms with Gasteiger partial charge in [-0.2, -0.15) is 0 Å². The monoisotopic (exact) mass is 516 g/mol. The lowest BCUT2D eigenvalue weighted by Crippen LogP contribution is -2.81. The number of hydrogen-bond acceptors (Lipinski definition) is 8. The van der Waals surface area contributed by atoms with E-state index in [-0.39, 0.29) is 59.9 Å². The Morgan fingerprint density at radius 3 is 2.62 bits per heavy atom. The predicted molar refractivity (Wildman–Crippen MR) is 138 cm³/mol. The molecule has 0 aromatic heterocycles. The molecular weight excluding hydrogens is 472 g/mol. The molecule has 206 valence electrons. The van der Waals surface area contributed by atoms with Crippen molar-refractivity contribution in [3.63, 3.8) is 0 Å². The third-order valence-corrected chi connectivity index (χ3v) is 12.3. The minimum atomic E-state index is -0.623. The molecule has 2 aliphatic heterocycles. The molecule has 5 aliphatic carbocycles. The molecule has 7 rings (SSSR count). The van der Waals surface area contributed by atoms with Crippen LogP contribution in [0, 0.1) is 34.5 Å². The summed E-state index contributed by atoms with van der Waals surface area (Å²) in [6.07, 6.45) is 8.20. The predicted octanol–water partition coefficient (Wildman–Crippen LogP) is 2.56. The Bertz CT molecular complexity index is 978. The fraction of sp³-hybridized carbons (Fsp3) is 0.897. The molecule has 7 bridgehead atoms. The van der Waals surface area contributed by atoms with Crippen LogP contribution < -0.4 is 0 Å². The molecule has 2 heterocycles. The number of likely N-dealkylation sites (tertiary alicyclic amines) is 1. The smallest absolute Gasteiger partial charge is 0.148 e. The number of nitrogens with zero attached hydrogens (tertiary/aromatic N) is 2. The van der Waals surface area contributed by atoms with Gasteiger partial charge in [-0.25, -0.2) is 0 Å². The van der Waals surface area contributed by atoms with E-state index in [2.05, 4.69) is 24.6 Å². The van der Waals surface area contributed by atoms with Crippen molar-refractivity contribution in [2.75, 3.05) is 54.9 Å². The molecule has 0 radical (unpaired) electrons. The van der Waals surface area contributed by atoms with Crippen molar-refractivity contribution in [3.8, 4) is 0 Å². The van der Waals surface area contributed by atoms with Gasteiger partial charge in [-0.1, -0.05) is 13.0 Å². The third kappa shape index (κ3) is 2.50. The van der Waals surface area contributed by atoms with Crippen LogP contribution in [0.4, 0.5) is 0 Å². The second kappa shape index (κ2) is 8.32. The van der Waals surface area contributed by atoms with Crippen LogP contribution in [0.25, 0.3) is 0 Å². The first kappa shape index (κ1) is 25.1. The number of likely N-dealkylation sites (N-methyl/N-ethyl adjacent to an activating group) is 1. The van der Waals surface area contributed by atoms with Crippen molar-refractivity contribution in [1.82, 2.24) is 4.90 Å². The number of fused-ring (bicyclic) bond motifs is 1. The van der Waals surface area contributed by atoms with E-state index in [0.29, 0.717) is 18.4 Å². The average Bonchev–Trinajstić information content (AvgIpc) is 3.49. The lowest BCUT2D eigenvalue weighted by molar-refractivity contribution is -0.278. The number of rotatable bonds is 8. The normalized spacial score (nSPS) is 57.2. The molecule has 1 unspecified atom stereocenters. The Labute approximate surface area is 221 Å². The minimum absolute atomic E-state index is 0.0662. The molecule has 0 aromatic rings. The molecule has 0 amide bonds. The minimum Gasteiger partial charge on any atom is -0.381 e. The molecule has 8 heteroatoms. The first-order chi connectivity index (χ1) is 18.0. The summed E-state index contributed by atoms with van der Waals surface area (Å²) < 4.78 is 39.8. The van der Waals surface area contributed by atoms with Gasteiger partial charge in [0.15, 0.2) is 0 Å². The topological polar surface area (TPSA) is 71.0 Å². The summed E-state index contributed by atoms with van der Waals surface area (Å²) in [6, 6.07) is 0.141. The maximum atomic E-state index is 7.05. The van der Waals surface area contributed by atoms with Gasteiger partial charge in [-0.15, -0.1) is 6.58 Å². The second-order valence-electron chi connectivity index (χ2n) is 12.7. The van der Waals surface area contributed by atoms with Crippen LogP contribution in [-0.2, 0) is 28.4 Å². The molecule has 13 atom stereocenters. The molecule has 3 spiro atoms. The lowest BCUT2D eigenvalue weighted by Gasteiger charge is -2.69. The van der Waals surface area contributed by atoms with Gasteiger partial charge >= 0.3 is 0 Å². The molecule has 5 saturated carbocycles. The summed E-state index contributed by atoms with van der Waals surface area (Å²) >= 11 is 0. The zero-order valence-electron chi connectivity index (χ0n) is 23.1. The van der Waals surface area contributed by atoms with Gasteiger partial charge in [0.2, 0.25) is 0 Å². The second-order valence-corrected chi connectivity index (χ2v) is 12.7. The summed E-state index contributed by atoms with van der Waals surface area (Å²) in [7, 11) is 7.51. The van der Waals surface area contributed by atoms with Crippen LogP contribution in [0.5, 0.6) is 0 Å². The van der Waals surface area contributed by atoms with Crippen LogP contribution in [0.3, 0.4) is 0 Å². The molecule has 0 aromatic carbocycles. The van der Waals surface area contributed by atoms with Crippen molar-refractivity contribution in [2.45, 2.75) is 74.3 Å². The van der Waals surface area contributed by atoms with Crippen LogP contribution >= 0.6 is 0 Å². The first-order valence-electron chi connectivity index (χ1n) is 14.3. The van der Waals surface area contributed by atoms with E-state index < -0.39 is 11.2 Å². The molecule has 0 N–H and O–H groups in total. The third-order valence-electron chi connectivity index (χ3n) is 12.3. The molecule has 8 nitrogen and oxygen atoms in total. The van der Waals surface area contributed by atoms with E-state index in [0.717, 1.165) is 38.8 Å². The molecule has 2 saturated heterocycles. The average molecular weight is 517 g/mol. The van der Waals surface area contributed by atoms with Crippen molar-refractivity contribution in [1.29, 1.82) is 0 Å². The van der Waals surface area contributed by atoms with E-state index in [4.69, 9.17) is 33.4 Å². The Morgan fingerprint density at radius 2 is 1.95 bits per heavy atom. The van der Waals surface area contributed by atoms with Gasteiger partial charge in [0.25, 0.3) is 0 Å². The highest BCUT2D eigenvalue weighted by Crippen LogP contribution is 2.82. The SMILES string of the molecule is C=CCN=C[C@]12CC[C@H](OC)[C@@]34C(N(CC)C1)[C@]1(OCO[C@@]15C[C@H](OC)[C@H]1C[C@@H]3[C@@H]5[C@H]1OC)[C@@H](OC)[C@H]24. The number of ether oxygens (including phenoxy) is 6. The zero-order valence-corrected chi connectivity index (χ0v) is 23.1. The number of methoxy groups -OCH3 is 4. The Kier molecular flexibility index (Phi) is 5.65. The van der Waals surface area contributed by atoms with E-state index in [1.807, 2.05) is 34.5 Å². The fourth-order valence-corrected chi connectivity index (χ4v) is 11.9. The standard InChI is InChI=1S/C29H44N2O6/c1-7-11-30-14-26-10-9-20(33-4)28-18-12-17-19(32-3)13-27(21(18)22(17)34-5)29(37-16-36-27,24(35-6)23(26)28)25(28)31(8-2)15-26/h7,14,17-25H,1,8-13,15-16H2,2-6H3/t17-,18-,19+,20+,21-,22+,23-,24+,25?,26-,27-,28+,29-/m1/s1. The van der Waals surface area contributed by atoms with Gasteiger partial charge in [-0.05, 0) is 31.7 Å². The maximum absolute atomic E-state index is 7.05. The van der Waals surface area contributed by atoms with E-state index in [9.17, 15) is 0 Å². The van der Waals surface area contributed by atoms with Gasteiger partial charge in [0.05, 0.1) is 37.0 Å². The number of hydrogen-bond donors (Lipinski definition) is 0. The van der Waals surface area contributed by atoms with Crippen molar-refractivity contribution in [3.05, 3.63) is 12.7 Å². The largest absolute Gasteiger partial charge is 0.381 e. The highest BCUT2D eigenvalue weighted by atomic mass is 16.7. The lowest BCUT2D eigenvalue weighted by atomic mass is 9.42. The summed E-state index contributed by atoms with van der Waals surface area (Å²) in [4.78, 5) is 7.63. The van der Waals surface area contributed by atoms with Gasteiger partial charge in [-0.3, -0.25) is 9.89 Å². The molecule has 37 heavy (non-hydrogen) atoms. The van der Waals surface area contributed by atoms with Crippen LogP contribution in [0.1, 0.15) is 32.6 Å². The Morgan fingerprint density at radius 1 is 1.11 bits per heavy atom. The molecule has 7 aliphatic rings. The quantitative estimate of drug-likeness (QED) is 0.363. The molecular formula is C29H44N2O6. The van der Waals surface area contributed by atoms with Crippen LogP contribution in [-0.4, -0.2) is 108 Å². The van der Waals surface area contributed by atoms with Crippen molar-refractivity contribution >= 4 is 6.21 Å². The molecule has 7 fully saturated rings. The number of piperidine rings is 1. The van der Waals surface area contributed by atoms with Crippen molar-refractivity contribution < 1.29 is 28.4 Å². The summed E-state index contributed by atoms with van der Waals surface area (Å²) in [5.74, 6) is 1.13. The fourth-order valence-electron chi connectivity index (χ4n) is 11.9. The van der Waals surface area contributed by atoms with Gasteiger partial charge in [0.1, 0.15) is 18.0 Å².